The van der Waals surface area contributed by atoms with E-state index in [0.29, 0.717) is 25.7 Å². The van der Waals surface area contributed by atoms with Crippen molar-refractivity contribution in [3.05, 3.63) is 48.6 Å². The molecule has 2 unspecified atom stereocenters. The van der Waals surface area contributed by atoms with Crippen LogP contribution in [0.4, 0.5) is 0 Å². The Hall–Kier alpha value is -2.98. The number of phosphoric ester groups is 2. The third-order valence-electron chi connectivity index (χ3n) is 16.3. The molecule has 0 aliphatic rings. The fraction of sp³-hybridized carbons (Fsp3) is 0.840. The van der Waals surface area contributed by atoms with Crippen molar-refractivity contribution in [3.63, 3.8) is 0 Å². The Kier molecular flexibility index (Phi) is 65.1. The van der Waals surface area contributed by atoms with Crippen LogP contribution in [-0.4, -0.2) is 96.7 Å². The predicted octanol–water partition coefficient (Wildman–Crippen LogP) is 21.2. The van der Waals surface area contributed by atoms with Gasteiger partial charge in [-0.05, 0) is 83.0 Å². The molecule has 0 radical (unpaired) electrons. The van der Waals surface area contributed by atoms with E-state index in [0.717, 1.165) is 128 Å². The Bertz CT molecular complexity index is 1990. The molecule has 0 heterocycles. The first-order valence-electron chi connectivity index (χ1n) is 37.8. The summed E-state index contributed by atoms with van der Waals surface area (Å²) >= 11 is 0. The van der Waals surface area contributed by atoms with E-state index in [2.05, 4.69) is 83.2 Å². The molecule has 0 aromatic rings. The molecular weight excluding hydrogens is 1230 g/mol. The van der Waals surface area contributed by atoms with Gasteiger partial charge in [0.25, 0.3) is 0 Å². The fourth-order valence-corrected chi connectivity index (χ4v) is 12.0. The summed E-state index contributed by atoms with van der Waals surface area (Å²) in [7, 11) is -9.93. The molecule has 0 aromatic heterocycles. The van der Waals surface area contributed by atoms with E-state index in [4.69, 9.17) is 37.0 Å². The molecule has 0 saturated carbocycles. The van der Waals surface area contributed by atoms with Crippen LogP contribution in [-0.2, 0) is 65.4 Å². The predicted molar refractivity (Wildman–Crippen MR) is 381 cm³/mol. The molecular formula is C75H138O17P2. The first-order valence-corrected chi connectivity index (χ1v) is 40.8. The van der Waals surface area contributed by atoms with E-state index < -0.39 is 97.5 Å². The molecule has 17 nitrogen and oxygen atoms in total. The molecule has 0 rings (SSSR count). The summed E-state index contributed by atoms with van der Waals surface area (Å²) < 4.78 is 68.4. The number of hydrogen-bond acceptors (Lipinski definition) is 15. The Labute approximate surface area is 572 Å². The lowest BCUT2D eigenvalue weighted by Crippen LogP contribution is -2.30. The van der Waals surface area contributed by atoms with E-state index in [-0.39, 0.29) is 25.7 Å². The Morgan fingerprint density at radius 3 is 0.872 bits per heavy atom. The van der Waals surface area contributed by atoms with Gasteiger partial charge in [0.05, 0.1) is 26.4 Å². The summed E-state index contributed by atoms with van der Waals surface area (Å²) in [5.74, 6) is -1.40. The molecule has 550 valence electrons. The number of phosphoric acid groups is 2. The second kappa shape index (κ2) is 67.2. The molecule has 0 aliphatic carbocycles. The SMILES string of the molecule is CCCCCC/C=C\C=C/CCCCCCCC(=O)OC[C@H](COP(=O)(O)OC[C@@H](O)COP(=O)(O)OC[C@@H](COC(=O)CCCCCCCCCCC)OC(=O)CCCCCCCCCCCCCCC(C)C)OC(=O)CCCCCCC/C=C\C=C/CCCCCC. The van der Waals surface area contributed by atoms with Gasteiger partial charge < -0.3 is 33.8 Å². The van der Waals surface area contributed by atoms with Gasteiger partial charge in [0.15, 0.2) is 12.2 Å². The molecule has 3 N–H and O–H groups in total. The van der Waals surface area contributed by atoms with Crippen LogP contribution in [0.1, 0.15) is 343 Å². The highest BCUT2D eigenvalue weighted by molar-refractivity contribution is 7.47. The van der Waals surface area contributed by atoms with E-state index >= 15 is 0 Å². The highest BCUT2D eigenvalue weighted by Crippen LogP contribution is 2.45. The lowest BCUT2D eigenvalue weighted by molar-refractivity contribution is -0.161. The molecule has 0 bridgehead atoms. The molecule has 0 aromatic carbocycles. The number of ether oxygens (including phenoxy) is 4. The summed E-state index contributed by atoms with van der Waals surface area (Å²) in [4.78, 5) is 72.7. The smallest absolute Gasteiger partial charge is 0.462 e. The maximum Gasteiger partial charge on any atom is 0.472 e. The lowest BCUT2D eigenvalue weighted by atomic mass is 10.0. The van der Waals surface area contributed by atoms with Crippen molar-refractivity contribution in [3.8, 4) is 0 Å². The van der Waals surface area contributed by atoms with Crippen LogP contribution in [0.25, 0.3) is 0 Å². The van der Waals surface area contributed by atoms with Crippen molar-refractivity contribution >= 4 is 39.5 Å². The minimum absolute atomic E-state index is 0.0783. The molecule has 0 spiro atoms. The summed E-state index contributed by atoms with van der Waals surface area (Å²) in [6.07, 6.45) is 61.2. The van der Waals surface area contributed by atoms with Crippen LogP contribution >= 0.6 is 15.6 Å². The maximum absolute atomic E-state index is 13.1. The van der Waals surface area contributed by atoms with E-state index in [1.807, 2.05) is 0 Å². The molecule has 19 heteroatoms. The van der Waals surface area contributed by atoms with E-state index in [1.165, 1.54) is 135 Å². The second-order valence-electron chi connectivity index (χ2n) is 26.1. The highest BCUT2D eigenvalue weighted by Gasteiger charge is 2.30. The Morgan fingerprint density at radius 2 is 0.574 bits per heavy atom. The van der Waals surface area contributed by atoms with Gasteiger partial charge >= 0.3 is 39.5 Å². The zero-order chi connectivity index (χ0) is 69.1. The van der Waals surface area contributed by atoms with Gasteiger partial charge in [0, 0.05) is 25.7 Å². The van der Waals surface area contributed by atoms with Crippen molar-refractivity contribution < 1.29 is 80.2 Å². The highest BCUT2D eigenvalue weighted by atomic mass is 31.2. The molecule has 0 aliphatic heterocycles. The molecule has 94 heavy (non-hydrogen) atoms. The Balaban J connectivity index is 5.31. The number of aliphatic hydroxyl groups excluding tert-OH is 1. The topological polar surface area (TPSA) is 237 Å². The normalized spacial score (nSPS) is 14.3. The van der Waals surface area contributed by atoms with Gasteiger partial charge in [0.2, 0.25) is 0 Å². The number of rotatable bonds is 71. The van der Waals surface area contributed by atoms with Crippen LogP contribution in [0.5, 0.6) is 0 Å². The average Bonchev–Trinajstić information content (AvgIpc) is 1.26. The minimum Gasteiger partial charge on any atom is -0.462 e. The van der Waals surface area contributed by atoms with E-state index in [1.54, 1.807) is 0 Å². The van der Waals surface area contributed by atoms with Crippen molar-refractivity contribution in [2.45, 2.75) is 361 Å². The molecule has 0 amide bonds. The van der Waals surface area contributed by atoms with Crippen LogP contribution in [0.15, 0.2) is 48.6 Å². The molecule has 0 fully saturated rings. The van der Waals surface area contributed by atoms with Crippen molar-refractivity contribution in [1.82, 2.24) is 0 Å². The summed E-state index contributed by atoms with van der Waals surface area (Å²) in [6, 6.07) is 0. The van der Waals surface area contributed by atoms with E-state index in [9.17, 15) is 43.2 Å². The largest absolute Gasteiger partial charge is 0.472 e. The van der Waals surface area contributed by atoms with Gasteiger partial charge in [-0.3, -0.25) is 37.3 Å². The van der Waals surface area contributed by atoms with Gasteiger partial charge in [-0.15, -0.1) is 0 Å². The quantitative estimate of drug-likeness (QED) is 0.0169. The second-order valence-corrected chi connectivity index (χ2v) is 29.0. The number of esters is 4. The number of unbranched alkanes of at least 4 members (excludes halogenated alkanes) is 37. The lowest BCUT2D eigenvalue weighted by Gasteiger charge is -2.21. The summed E-state index contributed by atoms with van der Waals surface area (Å²) in [6.45, 7) is 7.14. The zero-order valence-electron chi connectivity index (χ0n) is 60.1. The molecule has 0 saturated heterocycles. The number of hydrogen-bond donors (Lipinski definition) is 3. The van der Waals surface area contributed by atoms with Crippen LogP contribution < -0.4 is 0 Å². The van der Waals surface area contributed by atoms with Gasteiger partial charge in [-0.25, -0.2) is 9.13 Å². The fourth-order valence-electron chi connectivity index (χ4n) is 10.4. The Morgan fingerprint density at radius 1 is 0.330 bits per heavy atom. The average molecular weight is 1370 g/mol. The monoisotopic (exact) mass is 1370 g/mol. The van der Waals surface area contributed by atoms with Crippen LogP contribution in [0.2, 0.25) is 0 Å². The van der Waals surface area contributed by atoms with Crippen molar-refractivity contribution in [2.75, 3.05) is 39.6 Å². The third-order valence-corrected chi connectivity index (χ3v) is 18.2. The zero-order valence-corrected chi connectivity index (χ0v) is 61.9. The van der Waals surface area contributed by atoms with Crippen LogP contribution in [0.3, 0.4) is 0 Å². The number of carbonyl (C=O) groups excluding carboxylic acids is 4. The first kappa shape index (κ1) is 91.0. The summed E-state index contributed by atoms with van der Waals surface area (Å²) in [5, 5.41) is 10.6. The first-order chi connectivity index (χ1) is 45.5. The van der Waals surface area contributed by atoms with Gasteiger partial charge in [-0.2, -0.15) is 0 Å². The summed E-state index contributed by atoms with van der Waals surface area (Å²) in [5.41, 5.74) is 0. The van der Waals surface area contributed by atoms with Gasteiger partial charge in [-0.1, -0.05) is 289 Å². The van der Waals surface area contributed by atoms with Gasteiger partial charge in [0.1, 0.15) is 19.3 Å². The van der Waals surface area contributed by atoms with Crippen molar-refractivity contribution in [1.29, 1.82) is 0 Å². The van der Waals surface area contributed by atoms with Crippen molar-refractivity contribution in [2.24, 2.45) is 5.92 Å². The minimum atomic E-state index is -4.97. The molecule has 5 atom stereocenters. The maximum atomic E-state index is 13.1. The number of allylic oxidation sites excluding steroid dienone is 8. The standard InChI is InChI=1S/C75H138O17P2/c1-6-9-12-15-18-21-23-25-27-29-34-39-44-49-54-59-73(78)86-65-71(92-74(79)60-55-50-45-40-35-30-28-26-24-22-19-16-13-10-7-2)67-90-94(83,84)88-63-69(76)62-87-93(81,82)89-66-70(64-85-72(77)58-53-48-43-37-20-17-14-11-8-3)91-75(80)61-56-51-46-41-36-32-31-33-38-42-47-52-57-68(4)5/h21-28,68-71,76H,6-20,29-67H2,1-5H3,(H,81,82)(H,83,84)/b23-21-,24-22-,27-25-,28-26-/t69-,70+,71+/m0/s1. The third kappa shape index (κ3) is 67.6. The number of carbonyl (C=O) groups is 4. The number of aliphatic hydroxyl groups is 1. The van der Waals surface area contributed by atoms with Crippen LogP contribution in [0, 0.1) is 5.92 Å².